The number of anilines is 2. The molecule has 8 nitrogen and oxygen atoms in total. The molecule has 1 aliphatic carbocycles. The molecule has 1 aromatic carbocycles. The lowest BCUT2D eigenvalue weighted by molar-refractivity contribution is -0.140. The van der Waals surface area contributed by atoms with E-state index in [2.05, 4.69) is 43.0 Å². The van der Waals surface area contributed by atoms with Gasteiger partial charge in [-0.05, 0) is 69.4 Å². The third-order valence-corrected chi connectivity index (χ3v) is 6.91. The maximum absolute atomic E-state index is 13.6. The van der Waals surface area contributed by atoms with Gasteiger partial charge >= 0.3 is 6.18 Å². The Morgan fingerprint density at radius 1 is 1.17 bits per heavy atom. The van der Waals surface area contributed by atoms with Gasteiger partial charge in [-0.25, -0.2) is 0 Å². The van der Waals surface area contributed by atoms with Crippen LogP contribution < -0.4 is 10.6 Å². The predicted octanol–water partition coefficient (Wildman–Crippen LogP) is 4.97. The number of benzene rings is 1. The average Bonchev–Trinajstić information content (AvgIpc) is 3.49. The number of piperidine rings is 1. The highest BCUT2D eigenvalue weighted by molar-refractivity contribution is 5.86. The van der Waals surface area contributed by atoms with E-state index in [4.69, 9.17) is 4.42 Å². The second kappa shape index (κ2) is 10.3. The number of hydrogen-bond donors (Lipinski definition) is 3. The van der Waals surface area contributed by atoms with E-state index in [-0.39, 0.29) is 12.4 Å². The maximum atomic E-state index is 13.6. The molecule has 3 aromatic rings. The molecule has 2 aliphatic rings. The molecular formula is C25H30F3N7O. The first kappa shape index (κ1) is 24.4. The molecule has 1 saturated heterocycles. The number of fused-ring (bicyclic) bond motifs is 1. The van der Waals surface area contributed by atoms with Gasteiger partial charge in [-0.2, -0.15) is 18.3 Å². The zero-order valence-electron chi connectivity index (χ0n) is 20.1. The number of nitrogens with one attached hydrogen (secondary N) is 3. The van der Waals surface area contributed by atoms with Crippen molar-refractivity contribution in [3.8, 4) is 0 Å². The molecule has 2 aromatic heterocycles. The summed E-state index contributed by atoms with van der Waals surface area (Å²) in [6, 6.07) is 6.29. The molecule has 5 rings (SSSR count). The first-order chi connectivity index (χ1) is 17.3. The van der Waals surface area contributed by atoms with Crippen molar-refractivity contribution in [1.82, 2.24) is 25.3 Å². The van der Waals surface area contributed by atoms with Crippen LogP contribution in [0.4, 0.5) is 24.5 Å². The number of H-pyrrole nitrogens is 1. The standard InChI is InChI=1S/C25H30F3N7O/c1-35-9-7-18(8-10-35)32-22-4-2-3-16-5-6-17(12-25(26,27)28)21(11-20(16)22)24-34-33-23(36-24)15-29-19-13-30-31-14-19/h2-4,11,13-14,17-18,29,32H,5-10,12,15H2,1H3,(H,30,31). The average molecular weight is 502 g/mol. The fourth-order valence-corrected chi connectivity index (χ4v) is 4.95. The van der Waals surface area contributed by atoms with Crippen LogP contribution in [-0.2, 0) is 13.0 Å². The van der Waals surface area contributed by atoms with Crippen LogP contribution >= 0.6 is 0 Å². The van der Waals surface area contributed by atoms with Crippen molar-refractivity contribution >= 4 is 23.0 Å². The molecule has 0 spiro atoms. The van der Waals surface area contributed by atoms with Crippen LogP contribution in [-0.4, -0.2) is 57.6 Å². The highest BCUT2D eigenvalue weighted by atomic mass is 19.4. The second-order valence-corrected chi connectivity index (χ2v) is 9.60. The summed E-state index contributed by atoms with van der Waals surface area (Å²) in [5, 5.41) is 21.5. The largest absolute Gasteiger partial charge is 0.419 e. The number of aromatic amines is 1. The molecule has 0 amide bonds. The fourth-order valence-electron chi connectivity index (χ4n) is 4.95. The first-order valence-electron chi connectivity index (χ1n) is 12.2. The number of likely N-dealkylation sites (tertiary alicyclic amines) is 1. The van der Waals surface area contributed by atoms with Crippen LogP contribution in [0.5, 0.6) is 0 Å². The van der Waals surface area contributed by atoms with E-state index >= 15 is 0 Å². The molecule has 1 fully saturated rings. The maximum Gasteiger partial charge on any atom is 0.389 e. The Kier molecular flexibility index (Phi) is 6.99. The SMILES string of the molecule is CN1CCC(Nc2cccc3c2C=C(c2nnc(CNc4cn[nH]c4)o2)C(CC(F)(F)F)CC3)CC1. The van der Waals surface area contributed by atoms with E-state index in [1.165, 1.54) is 0 Å². The highest BCUT2D eigenvalue weighted by Gasteiger charge is 2.36. The summed E-state index contributed by atoms with van der Waals surface area (Å²) in [4.78, 5) is 2.30. The minimum Gasteiger partial charge on any atom is -0.419 e. The number of hydrogen-bond acceptors (Lipinski definition) is 7. The molecule has 1 atom stereocenters. The minimum absolute atomic E-state index is 0.134. The Labute approximate surface area is 207 Å². The van der Waals surface area contributed by atoms with Gasteiger partial charge < -0.3 is 20.0 Å². The van der Waals surface area contributed by atoms with E-state index in [0.717, 1.165) is 48.4 Å². The van der Waals surface area contributed by atoms with Gasteiger partial charge in [0.05, 0.1) is 24.8 Å². The van der Waals surface area contributed by atoms with Crippen LogP contribution in [0.15, 0.2) is 35.0 Å². The molecule has 3 N–H and O–H groups in total. The summed E-state index contributed by atoms with van der Waals surface area (Å²) in [7, 11) is 2.12. The van der Waals surface area contributed by atoms with Gasteiger partial charge in [-0.15, -0.1) is 10.2 Å². The predicted molar refractivity (Wildman–Crippen MR) is 131 cm³/mol. The Balaban J connectivity index is 1.45. The minimum atomic E-state index is -4.30. The molecule has 3 heterocycles. The van der Waals surface area contributed by atoms with E-state index in [9.17, 15) is 13.2 Å². The van der Waals surface area contributed by atoms with Gasteiger partial charge in [0, 0.05) is 29.1 Å². The molecule has 11 heteroatoms. The second-order valence-electron chi connectivity index (χ2n) is 9.60. The summed E-state index contributed by atoms with van der Waals surface area (Å²) >= 11 is 0. The third-order valence-electron chi connectivity index (χ3n) is 6.91. The van der Waals surface area contributed by atoms with Crippen molar-refractivity contribution in [3.05, 3.63) is 53.5 Å². The summed E-state index contributed by atoms with van der Waals surface area (Å²) in [5.41, 5.74) is 4.06. The molecule has 0 saturated carbocycles. The third kappa shape index (κ3) is 5.89. The summed E-state index contributed by atoms with van der Waals surface area (Å²) in [5.74, 6) is -0.348. The van der Waals surface area contributed by atoms with Gasteiger partial charge in [-0.3, -0.25) is 5.10 Å². The Bertz CT molecular complexity index is 1180. The number of halogens is 3. The zero-order valence-corrected chi connectivity index (χ0v) is 20.1. The lowest BCUT2D eigenvalue weighted by atomic mass is 9.91. The van der Waals surface area contributed by atoms with Crippen LogP contribution in [0, 0.1) is 5.92 Å². The number of rotatable bonds is 7. The Morgan fingerprint density at radius 3 is 2.75 bits per heavy atom. The first-order valence-corrected chi connectivity index (χ1v) is 12.2. The van der Waals surface area contributed by atoms with E-state index in [0.29, 0.717) is 30.3 Å². The van der Waals surface area contributed by atoms with Gasteiger partial charge in [-0.1, -0.05) is 12.1 Å². The van der Waals surface area contributed by atoms with E-state index < -0.39 is 18.5 Å². The lowest BCUT2D eigenvalue weighted by Crippen LogP contribution is -2.36. The van der Waals surface area contributed by atoms with Crippen molar-refractivity contribution in [2.45, 2.75) is 50.9 Å². The van der Waals surface area contributed by atoms with Crippen LogP contribution in [0.3, 0.4) is 0 Å². The van der Waals surface area contributed by atoms with Gasteiger partial charge in [0.2, 0.25) is 11.8 Å². The quantitative estimate of drug-likeness (QED) is 0.421. The van der Waals surface area contributed by atoms with Crippen molar-refractivity contribution < 1.29 is 17.6 Å². The number of allylic oxidation sites excluding steroid dienone is 1. The number of aromatic nitrogens is 4. The summed E-state index contributed by atoms with van der Waals surface area (Å²) < 4.78 is 46.6. The van der Waals surface area contributed by atoms with Gasteiger partial charge in [0.1, 0.15) is 0 Å². The Hall–Kier alpha value is -3.34. The van der Waals surface area contributed by atoms with Gasteiger partial charge in [0.25, 0.3) is 0 Å². The van der Waals surface area contributed by atoms with E-state index in [1.807, 2.05) is 24.3 Å². The topological polar surface area (TPSA) is 94.9 Å². The zero-order chi connectivity index (χ0) is 25.1. The molecule has 192 valence electrons. The normalized spacial score (nSPS) is 19.4. The smallest absolute Gasteiger partial charge is 0.389 e. The van der Waals surface area contributed by atoms with Crippen molar-refractivity contribution in [2.75, 3.05) is 30.8 Å². The molecule has 36 heavy (non-hydrogen) atoms. The monoisotopic (exact) mass is 501 g/mol. The Morgan fingerprint density at radius 2 is 2.00 bits per heavy atom. The summed E-state index contributed by atoms with van der Waals surface area (Å²) in [6.07, 6.45) is 2.81. The van der Waals surface area contributed by atoms with Crippen molar-refractivity contribution in [1.29, 1.82) is 0 Å². The van der Waals surface area contributed by atoms with Crippen LogP contribution in [0.1, 0.15) is 48.6 Å². The summed E-state index contributed by atoms with van der Waals surface area (Å²) in [6.45, 7) is 2.27. The van der Waals surface area contributed by atoms with Crippen molar-refractivity contribution in [3.63, 3.8) is 0 Å². The van der Waals surface area contributed by atoms with E-state index in [1.54, 1.807) is 12.4 Å². The fraction of sp³-hybridized carbons (Fsp3) is 0.480. The molecule has 1 aliphatic heterocycles. The lowest BCUT2D eigenvalue weighted by Gasteiger charge is -2.30. The highest BCUT2D eigenvalue weighted by Crippen LogP contribution is 2.41. The molecule has 0 radical (unpaired) electrons. The van der Waals surface area contributed by atoms with Gasteiger partial charge in [0.15, 0.2) is 0 Å². The number of alkyl halides is 3. The molecule has 0 bridgehead atoms. The molecule has 1 unspecified atom stereocenters. The number of aryl methyl sites for hydroxylation is 1. The van der Waals surface area contributed by atoms with Crippen molar-refractivity contribution in [2.24, 2.45) is 5.92 Å². The van der Waals surface area contributed by atoms with Crippen LogP contribution in [0.2, 0.25) is 0 Å². The van der Waals surface area contributed by atoms with Crippen LogP contribution in [0.25, 0.3) is 11.6 Å². The molecular weight excluding hydrogens is 471 g/mol. The number of nitrogens with zero attached hydrogens (tertiary/aromatic N) is 4.